The lowest BCUT2D eigenvalue weighted by Crippen LogP contribution is -2.10. The van der Waals surface area contributed by atoms with Gasteiger partial charge in [-0.15, -0.1) is 0 Å². The summed E-state index contributed by atoms with van der Waals surface area (Å²) >= 11 is 12.2. The molecule has 0 unspecified atom stereocenters. The second-order valence-corrected chi connectivity index (χ2v) is 5.51. The van der Waals surface area contributed by atoms with E-state index in [0.29, 0.717) is 15.9 Å². The first-order chi connectivity index (χ1) is 9.24. The first kappa shape index (κ1) is 12.8. The standard InChI is InChI=1S/C14H14Cl2N2O/c15-10-5-7-11(8-6-10)18-14(16)13(9-17-18)19-12-3-1-2-4-12/h5-9,12H,1-4H2. The molecule has 0 N–H and O–H groups in total. The molecule has 0 saturated heterocycles. The van der Waals surface area contributed by atoms with Crippen molar-refractivity contribution in [1.82, 2.24) is 9.78 Å². The van der Waals surface area contributed by atoms with Crippen molar-refractivity contribution in [3.63, 3.8) is 0 Å². The van der Waals surface area contributed by atoms with E-state index in [4.69, 9.17) is 27.9 Å². The van der Waals surface area contributed by atoms with Gasteiger partial charge < -0.3 is 4.74 Å². The highest BCUT2D eigenvalue weighted by Crippen LogP contribution is 2.31. The quantitative estimate of drug-likeness (QED) is 0.834. The summed E-state index contributed by atoms with van der Waals surface area (Å²) < 4.78 is 7.55. The van der Waals surface area contributed by atoms with Crippen LogP contribution >= 0.6 is 23.2 Å². The zero-order chi connectivity index (χ0) is 13.2. The first-order valence-corrected chi connectivity index (χ1v) is 7.16. The van der Waals surface area contributed by atoms with Gasteiger partial charge in [-0.3, -0.25) is 0 Å². The molecular weight excluding hydrogens is 283 g/mol. The third-order valence-electron chi connectivity index (χ3n) is 3.35. The van der Waals surface area contributed by atoms with Gasteiger partial charge in [-0.05, 0) is 49.9 Å². The molecule has 5 heteroatoms. The van der Waals surface area contributed by atoms with E-state index in [1.807, 2.05) is 24.3 Å². The zero-order valence-corrected chi connectivity index (χ0v) is 11.9. The van der Waals surface area contributed by atoms with Crippen LogP contribution in [0.25, 0.3) is 5.69 Å². The first-order valence-electron chi connectivity index (χ1n) is 6.40. The number of hydrogen-bond donors (Lipinski definition) is 0. The van der Waals surface area contributed by atoms with Crippen LogP contribution in [0.3, 0.4) is 0 Å². The Morgan fingerprint density at radius 1 is 1.11 bits per heavy atom. The summed E-state index contributed by atoms with van der Waals surface area (Å²) in [6, 6.07) is 7.37. The summed E-state index contributed by atoms with van der Waals surface area (Å²) in [5.41, 5.74) is 0.871. The van der Waals surface area contributed by atoms with Crippen molar-refractivity contribution in [2.24, 2.45) is 0 Å². The van der Waals surface area contributed by atoms with E-state index in [9.17, 15) is 0 Å². The van der Waals surface area contributed by atoms with Gasteiger partial charge in [-0.1, -0.05) is 23.2 Å². The van der Waals surface area contributed by atoms with Crippen LogP contribution < -0.4 is 4.74 Å². The highest BCUT2D eigenvalue weighted by atomic mass is 35.5. The summed E-state index contributed by atoms with van der Waals surface area (Å²) in [5, 5.41) is 5.47. The van der Waals surface area contributed by atoms with Gasteiger partial charge in [0.1, 0.15) is 0 Å². The average Bonchev–Trinajstić information content (AvgIpc) is 3.03. The lowest BCUT2D eigenvalue weighted by molar-refractivity contribution is 0.210. The number of nitrogens with zero attached hydrogens (tertiary/aromatic N) is 2. The molecule has 0 amide bonds. The summed E-state index contributed by atoms with van der Waals surface area (Å²) in [7, 11) is 0. The van der Waals surface area contributed by atoms with Crippen LogP contribution in [-0.2, 0) is 0 Å². The minimum atomic E-state index is 0.278. The minimum Gasteiger partial charge on any atom is -0.485 e. The molecular formula is C14H14Cl2N2O. The number of halogens is 2. The Kier molecular flexibility index (Phi) is 3.67. The summed E-state index contributed by atoms with van der Waals surface area (Å²) in [6.07, 6.45) is 6.61. The van der Waals surface area contributed by atoms with Crippen LogP contribution in [0.5, 0.6) is 5.75 Å². The fourth-order valence-electron chi connectivity index (χ4n) is 2.35. The van der Waals surface area contributed by atoms with Crippen molar-refractivity contribution in [3.05, 3.63) is 40.6 Å². The number of benzene rings is 1. The van der Waals surface area contributed by atoms with Gasteiger partial charge in [0.2, 0.25) is 0 Å². The van der Waals surface area contributed by atoms with Gasteiger partial charge >= 0.3 is 0 Å². The molecule has 0 atom stereocenters. The third-order valence-corrected chi connectivity index (χ3v) is 3.95. The number of hydrogen-bond acceptors (Lipinski definition) is 2. The molecule has 1 fully saturated rings. The van der Waals surface area contributed by atoms with Crippen LogP contribution in [0.4, 0.5) is 0 Å². The van der Waals surface area contributed by atoms with Crippen LogP contribution in [0.15, 0.2) is 30.5 Å². The molecule has 1 aliphatic carbocycles. The van der Waals surface area contributed by atoms with E-state index < -0.39 is 0 Å². The van der Waals surface area contributed by atoms with Gasteiger partial charge in [0, 0.05) is 5.02 Å². The molecule has 0 aliphatic heterocycles. The predicted octanol–water partition coefficient (Wildman–Crippen LogP) is 4.50. The lowest BCUT2D eigenvalue weighted by atomic mass is 10.3. The summed E-state index contributed by atoms with van der Waals surface area (Å²) in [4.78, 5) is 0. The molecule has 1 aromatic heterocycles. The van der Waals surface area contributed by atoms with Gasteiger partial charge in [0.05, 0.1) is 18.0 Å². The highest BCUT2D eigenvalue weighted by Gasteiger charge is 2.20. The van der Waals surface area contributed by atoms with Crippen molar-refractivity contribution in [2.45, 2.75) is 31.8 Å². The Hall–Kier alpha value is -1.19. The molecule has 2 aromatic rings. The van der Waals surface area contributed by atoms with Crippen LogP contribution in [0, 0.1) is 0 Å². The van der Waals surface area contributed by atoms with E-state index in [-0.39, 0.29) is 6.10 Å². The third kappa shape index (κ3) is 2.72. The molecule has 1 aliphatic rings. The Balaban J connectivity index is 1.83. The molecule has 0 spiro atoms. The highest BCUT2D eigenvalue weighted by molar-refractivity contribution is 6.31. The molecule has 100 valence electrons. The maximum absolute atomic E-state index is 6.32. The van der Waals surface area contributed by atoms with E-state index in [2.05, 4.69) is 5.10 Å². The Labute approximate surface area is 122 Å². The van der Waals surface area contributed by atoms with Gasteiger partial charge in [0.15, 0.2) is 10.9 Å². The van der Waals surface area contributed by atoms with Crippen LogP contribution in [0.1, 0.15) is 25.7 Å². The molecule has 3 rings (SSSR count). The van der Waals surface area contributed by atoms with Gasteiger partial charge in [-0.2, -0.15) is 5.10 Å². The second kappa shape index (κ2) is 5.43. The molecule has 0 radical (unpaired) electrons. The lowest BCUT2D eigenvalue weighted by Gasteiger charge is -2.11. The smallest absolute Gasteiger partial charge is 0.177 e. The van der Waals surface area contributed by atoms with Crippen molar-refractivity contribution >= 4 is 23.2 Å². The van der Waals surface area contributed by atoms with Crippen molar-refractivity contribution in [1.29, 1.82) is 0 Å². The molecule has 1 heterocycles. The van der Waals surface area contributed by atoms with E-state index in [1.54, 1.807) is 10.9 Å². The predicted molar refractivity (Wildman–Crippen MR) is 76.5 cm³/mol. The Morgan fingerprint density at radius 3 is 2.47 bits per heavy atom. The maximum atomic E-state index is 6.32. The fourth-order valence-corrected chi connectivity index (χ4v) is 2.71. The second-order valence-electron chi connectivity index (χ2n) is 4.71. The summed E-state index contributed by atoms with van der Waals surface area (Å²) in [6.45, 7) is 0. The van der Waals surface area contributed by atoms with Crippen LogP contribution in [0.2, 0.25) is 10.2 Å². The topological polar surface area (TPSA) is 27.1 Å². The number of aromatic nitrogens is 2. The van der Waals surface area contributed by atoms with E-state index in [0.717, 1.165) is 18.5 Å². The molecule has 1 aromatic carbocycles. The fraction of sp³-hybridized carbons (Fsp3) is 0.357. The SMILES string of the molecule is Clc1ccc(-n2ncc(OC3CCCC3)c2Cl)cc1. The summed E-state index contributed by atoms with van der Waals surface area (Å²) in [5.74, 6) is 0.656. The zero-order valence-electron chi connectivity index (χ0n) is 10.4. The normalized spacial score (nSPS) is 15.9. The van der Waals surface area contributed by atoms with Gasteiger partial charge in [0.25, 0.3) is 0 Å². The average molecular weight is 297 g/mol. The Bertz CT molecular complexity index is 559. The molecule has 3 nitrogen and oxygen atoms in total. The minimum absolute atomic E-state index is 0.278. The number of ether oxygens (including phenoxy) is 1. The monoisotopic (exact) mass is 296 g/mol. The van der Waals surface area contributed by atoms with Crippen molar-refractivity contribution in [3.8, 4) is 11.4 Å². The number of rotatable bonds is 3. The molecule has 19 heavy (non-hydrogen) atoms. The maximum Gasteiger partial charge on any atom is 0.177 e. The van der Waals surface area contributed by atoms with Crippen molar-refractivity contribution < 1.29 is 4.74 Å². The van der Waals surface area contributed by atoms with Crippen LogP contribution in [-0.4, -0.2) is 15.9 Å². The van der Waals surface area contributed by atoms with E-state index in [1.165, 1.54) is 12.8 Å². The molecule has 1 saturated carbocycles. The van der Waals surface area contributed by atoms with Gasteiger partial charge in [-0.25, -0.2) is 4.68 Å². The van der Waals surface area contributed by atoms with E-state index >= 15 is 0 Å². The Morgan fingerprint density at radius 2 is 1.79 bits per heavy atom. The largest absolute Gasteiger partial charge is 0.485 e. The molecule has 0 bridgehead atoms. The van der Waals surface area contributed by atoms with Crippen molar-refractivity contribution in [2.75, 3.05) is 0 Å².